The van der Waals surface area contributed by atoms with Crippen LogP contribution in [0.4, 0.5) is 5.69 Å². The standard InChI is InChI=1S/C17H25N/c1-7-9-17(8-2)14(6)18-15-10-11(3)12(4)13(5)16(15)17/h10H,7-9H2,1-6H3. The molecule has 0 fully saturated rings. The van der Waals surface area contributed by atoms with Gasteiger partial charge in [-0.05, 0) is 68.9 Å². The molecule has 1 aromatic rings. The second-order valence-electron chi connectivity index (χ2n) is 5.72. The predicted octanol–water partition coefficient (Wildman–Crippen LogP) is 5.17. The highest BCUT2D eigenvalue weighted by Gasteiger charge is 2.40. The second kappa shape index (κ2) is 4.53. The molecule has 0 bridgehead atoms. The average Bonchev–Trinajstić information content (AvgIpc) is 2.60. The van der Waals surface area contributed by atoms with Crippen molar-refractivity contribution in [3.8, 4) is 0 Å². The van der Waals surface area contributed by atoms with Crippen LogP contribution in [-0.2, 0) is 5.41 Å². The summed E-state index contributed by atoms with van der Waals surface area (Å²) in [6.07, 6.45) is 3.59. The fraction of sp³-hybridized carbons (Fsp3) is 0.588. The Morgan fingerprint density at radius 1 is 1.06 bits per heavy atom. The molecular weight excluding hydrogens is 218 g/mol. The highest BCUT2D eigenvalue weighted by molar-refractivity contribution is 6.01. The van der Waals surface area contributed by atoms with Crippen LogP contribution in [0.15, 0.2) is 11.1 Å². The van der Waals surface area contributed by atoms with E-state index in [1.54, 1.807) is 0 Å². The third-order valence-corrected chi connectivity index (χ3v) is 4.88. The lowest BCUT2D eigenvalue weighted by Crippen LogP contribution is -2.31. The van der Waals surface area contributed by atoms with E-state index in [1.165, 1.54) is 46.5 Å². The molecule has 0 spiro atoms. The van der Waals surface area contributed by atoms with Crippen molar-refractivity contribution >= 4 is 11.4 Å². The maximum Gasteiger partial charge on any atom is 0.0676 e. The first-order chi connectivity index (χ1) is 8.47. The summed E-state index contributed by atoms with van der Waals surface area (Å²) in [4.78, 5) is 4.87. The molecule has 0 aliphatic carbocycles. The summed E-state index contributed by atoms with van der Waals surface area (Å²) >= 11 is 0. The number of nitrogens with zero attached hydrogens (tertiary/aromatic N) is 1. The molecule has 98 valence electrons. The van der Waals surface area contributed by atoms with Crippen LogP contribution in [0.25, 0.3) is 0 Å². The zero-order chi connectivity index (χ0) is 13.5. The maximum absolute atomic E-state index is 4.87. The quantitative estimate of drug-likeness (QED) is 0.695. The van der Waals surface area contributed by atoms with E-state index in [9.17, 15) is 0 Å². The molecule has 0 radical (unpaired) electrons. The van der Waals surface area contributed by atoms with Gasteiger partial charge in [0.1, 0.15) is 0 Å². The molecule has 1 aliphatic heterocycles. The number of aliphatic imine (C=N–C) groups is 1. The summed E-state index contributed by atoms with van der Waals surface area (Å²) in [7, 11) is 0. The zero-order valence-corrected chi connectivity index (χ0v) is 12.6. The minimum absolute atomic E-state index is 0.201. The molecule has 1 heterocycles. The molecule has 0 amide bonds. The molecule has 1 aromatic carbocycles. The van der Waals surface area contributed by atoms with Gasteiger partial charge in [-0.3, -0.25) is 4.99 Å². The first-order valence-corrected chi connectivity index (χ1v) is 7.15. The van der Waals surface area contributed by atoms with Crippen molar-refractivity contribution in [2.24, 2.45) is 4.99 Å². The van der Waals surface area contributed by atoms with Gasteiger partial charge in [0, 0.05) is 11.1 Å². The molecule has 1 atom stereocenters. The van der Waals surface area contributed by atoms with Gasteiger partial charge in [-0.15, -0.1) is 0 Å². The second-order valence-corrected chi connectivity index (χ2v) is 5.72. The third kappa shape index (κ3) is 1.64. The highest BCUT2D eigenvalue weighted by atomic mass is 14.8. The van der Waals surface area contributed by atoms with Crippen molar-refractivity contribution < 1.29 is 0 Å². The maximum atomic E-state index is 4.87. The van der Waals surface area contributed by atoms with Crippen LogP contribution in [0.2, 0.25) is 0 Å². The number of benzene rings is 1. The van der Waals surface area contributed by atoms with Crippen LogP contribution < -0.4 is 0 Å². The number of hydrogen-bond donors (Lipinski definition) is 0. The Morgan fingerprint density at radius 3 is 2.28 bits per heavy atom. The largest absolute Gasteiger partial charge is 0.257 e. The van der Waals surface area contributed by atoms with Crippen LogP contribution in [-0.4, -0.2) is 5.71 Å². The van der Waals surface area contributed by atoms with Gasteiger partial charge in [0.25, 0.3) is 0 Å². The molecule has 1 nitrogen and oxygen atoms in total. The van der Waals surface area contributed by atoms with Crippen LogP contribution in [0.1, 0.15) is 62.3 Å². The van der Waals surface area contributed by atoms with E-state index >= 15 is 0 Å². The fourth-order valence-electron chi connectivity index (χ4n) is 3.56. The smallest absolute Gasteiger partial charge is 0.0676 e. The van der Waals surface area contributed by atoms with Crippen molar-refractivity contribution in [1.29, 1.82) is 0 Å². The van der Waals surface area contributed by atoms with E-state index in [0.29, 0.717) is 0 Å². The molecule has 0 N–H and O–H groups in total. The molecule has 2 rings (SSSR count). The van der Waals surface area contributed by atoms with Crippen LogP contribution in [0.5, 0.6) is 0 Å². The molecular formula is C17H25N. The lowest BCUT2D eigenvalue weighted by molar-refractivity contribution is 0.505. The topological polar surface area (TPSA) is 12.4 Å². The summed E-state index contributed by atoms with van der Waals surface area (Å²) in [5.74, 6) is 0. The number of fused-ring (bicyclic) bond motifs is 1. The van der Waals surface area contributed by atoms with E-state index in [0.717, 1.165) is 6.42 Å². The van der Waals surface area contributed by atoms with Gasteiger partial charge in [-0.2, -0.15) is 0 Å². The molecule has 18 heavy (non-hydrogen) atoms. The summed E-state index contributed by atoms with van der Waals surface area (Å²) in [5.41, 5.74) is 8.51. The van der Waals surface area contributed by atoms with Crippen molar-refractivity contribution in [2.45, 2.75) is 66.2 Å². The zero-order valence-electron chi connectivity index (χ0n) is 12.6. The Balaban J connectivity index is 2.72. The number of rotatable bonds is 3. The van der Waals surface area contributed by atoms with Gasteiger partial charge in [0.2, 0.25) is 0 Å². The minimum atomic E-state index is 0.201. The monoisotopic (exact) mass is 243 g/mol. The highest BCUT2D eigenvalue weighted by Crippen LogP contribution is 2.48. The Hall–Kier alpha value is -1.11. The molecule has 1 heteroatoms. The van der Waals surface area contributed by atoms with Gasteiger partial charge in [0.15, 0.2) is 0 Å². The van der Waals surface area contributed by atoms with E-state index in [2.05, 4.69) is 47.6 Å². The molecule has 1 unspecified atom stereocenters. The predicted molar refractivity (Wildman–Crippen MR) is 80.3 cm³/mol. The van der Waals surface area contributed by atoms with Crippen LogP contribution in [0.3, 0.4) is 0 Å². The first kappa shape index (κ1) is 13.3. The third-order valence-electron chi connectivity index (χ3n) is 4.88. The van der Waals surface area contributed by atoms with E-state index < -0.39 is 0 Å². The summed E-state index contributed by atoms with van der Waals surface area (Å²) in [6, 6.07) is 2.27. The Bertz CT molecular complexity index is 511. The molecule has 0 aromatic heterocycles. The summed E-state index contributed by atoms with van der Waals surface area (Å²) < 4.78 is 0. The summed E-state index contributed by atoms with van der Waals surface area (Å²) in [5, 5.41) is 0. The number of hydrogen-bond acceptors (Lipinski definition) is 1. The fourth-order valence-corrected chi connectivity index (χ4v) is 3.56. The first-order valence-electron chi connectivity index (χ1n) is 7.15. The van der Waals surface area contributed by atoms with E-state index in [1.807, 2.05) is 0 Å². The lowest BCUT2D eigenvalue weighted by Gasteiger charge is -2.31. The SMILES string of the molecule is CCCC1(CC)C(C)=Nc2cc(C)c(C)c(C)c21. The van der Waals surface area contributed by atoms with Gasteiger partial charge in [-0.1, -0.05) is 20.3 Å². The Labute approximate surface area is 111 Å². The van der Waals surface area contributed by atoms with Crippen LogP contribution >= 0.6 is 0 Å². The Kier molecular flexibility index (Phi) is 3.35. The lowest BCUT2D eigenvalue weighted by atomic mass is 9.70. The minimum Gasteiger partial charge on any atom is -0.257 e. The van der Waals surface area contributed by atoms with Gasteiger partial charge in [0.05, 0.1) is 5.69 Å². The van der Waals surface area contributed by atoms with Crippen molar-refractivity contribution in [2.75, 3.05) is 0 Å². The van der Waals surface area contributed by atoms with Gasteiger partial charge >= 0.3 is 0 Å². The van der Waals surface area contributed by atoms with Crippen molar-refractivity contribution in [3.63, 3.8) is 0 Å². The average molecular weight is 243 g/mol. The van der Waals surface area contributed by atoms with E-state index in [-0.39, 0.29) is 5.41 Å². The molecule has 1 aliphatic rings. The van der Waals surface area contributed by atoms with Gasteiger partial charge < -0.3 is 0 Å². The van der Waals surface area contributed by atoms with E-state index in [4.69, 9.17) is 4.99 Å². The normalized spacial score (nSPS) is 22.0. The van der Waals surface area contributed by atoms with Crippen molar-refractivity contribution in [1.82, 2.24) is 0 Å². The Morgan fingerprint density at radius 2 is 1.72 bits per heavy atom. The summed E-state index contributed by atoms with van der Waals surface area (Å²) in [6.45, 7) is 13.5. The van der Waals surface area contributed by atoms with Crippen LogP contribution in [0, 0.1) is 20.8 Å². The van der Waals surface area contributed by atoms with Crippen molar-refractivity contribution in [3.05, 3.63) is 28.3 Å². The molecule has 0 saturated carbocycles. The number of aryl methyl sites for hydroxylation is 1. The van der Waals surface area contributed by atoms with Gasteiger partial charge in [-0.25, -0.2) is 0 Å². The molecule has 0 saturated heterocycles.